The van der Waals surface area contributed by atoms with Crippen LogP contribution in [0.1, 0.15) is 32.6 Å². The van der Waals surface area contributed by atoms with Crippen LogP contribution in [0.25, 0.3) is 0 Å². The van der Waals surface area contributed by atoms with Crippen molar-refractivity contribution in [2.75, 3.05) is 0 Å². The first-order valence-corrected chi connectivity index (χ1v) is 5.61. The molecule has 0 radical (unpaired) electrons. The van der Waals surface area contributed by atoms with E-state index in [1.807, 2.05) is 6.92 Å². The van der Waals surface area contributed by atoms with E-state index in [9.17, 15) is 9.59 Å². The average Bonchev–Trinajstić information content (AvgIpc) is 2.78. The number of aliphatic carboxylic acids is 1. The van der Waals surface area contributed by atoms with Crippen molar-refractivity contribution in [1.29, 1.82) is 0 Å². The highest BCUT2D eigenvalue weighted by Gasteiger charge is 2.42. The third kappa shape index (κ3) is 1.98. The summed E-state index contributed by atoms with van der Waals surface area (Å²) in [7, 11) is 0. The molecule has 4 heteroatoms. The summed E-state index contributed by atoms with van der Waals surface area (Å²) in [5.41, 5.74) is 0. The van der Waals surface area contributed by atoms with Crippen LogP contribution in [-0.2, 0) is 9.59 Å². The number of carbonyl (C=O) groups is 2. The Kier molecular flexibility index (Phi) is 2.67. The van der Waals surface area contributed by atoms with Crippen molar-refractivity contribution in [2.24, 2.45) is 17.8 Å². The van der Waals surface area contributed by atoms with Gasteiger partial charge < -0.3 is 10.4 Å². The van der Waals surface area contributed by atoms with Crippen LogP contribution >= 0.6 is 0 Å². The third-order valence-corrected chi connectivity index (χ3v) is 3.99. The van der Waals surface area contributed by atoms with Gasteiger partial charge in [-0.2, -0.15) is 0 Å². The SMILES string of the molecule is CC(NC(=O)C(=O)O)C1CC2CCC1C2. The van der Waals surface area contributed by atoms with Crippen LogP contribution in [0, 0.1) is 17.8 Å². The fraction of sp³-hybridized carbons (Fsp3) is 0.818. The molecule has 0 aromatic rings. The molecule has 0 aromatic carbocycles. The number of nitrogens with one attached hydrogen (secondary N) is 1. The second-order valence-electron chi connectivity index (χ2n) is 4.91. The summed E-state index contributed by atoms with van der Waals surface area (Å²) in [5.74, 6) is -0.231. The molecule has 15 heavy (non-hydrogen) atoms. The maximum absolute atomic E-state index is 11.0. The fourth-order valence-electron chi connectivity index (χ4n) is 3.28. The third-order valence-electron chi connectivity index (χ3n) is 3.99. The van der Waals surface area contributed by atoms with Crippen LogP contribution in [0.4, 0.5) is 0 Å². The lowest BCUT2D eigenvalue weighted by Gasteiger charge is -2.27. The van der Waals surface area contributed by atoms with Crippen molar-refractivity contribution >= 4 is 11.9 Å². The van der Waals surface area contributed by atoms with Crippen LogP contribution < -0.4 is 5.32 Å². The number of rotatable bonds is 2. The van der Waals surface area contributed by atoms with Gasteiger partial charge in [-0.1, -0.05) is 6.42 Å². The number of amides is 1. The number of hydrogen-bond donors (Lipinski definition) is 2. The molecule has 2 saturated carbocycles. The highest BCUT2D eigenvalue weighted by Crippen LogP contribution is 2.49. The molecule has 84 valence electrons. The Balaban J connectivity index is 1.89. The van der Waals surface area contributed by atoms with E-state index >= 15 is 0 Å². The zero-order valence-corrected chi connectivity index (χ0v) is 8.90. The highest BCUT2D eigenvalue weighted by atomic mass is 16.4. The van der Waals surface area contributed by atoms with E-state index in [4.69, 9.17) is 5.11 Å². The second-order valence-corrected chi connectivity index (χ2v) is 4.91. The Morgan fingerprint density at radius 2 is 2.07 bits per heavy atom. The molecular formula is C11H17NO3. The van der Waals surface area contributed by atoms with Crippen molar-refractivity contribution in [3.8, 4) is 0 Å². The molecule has 0 aromatic heterocycles. The van der Waals surface area contributed by atoms with E-state index < -0.39 is 11.9 Å². The van der Waals surface area contributed by atoms with E-state index in [2.05, 4.69) is 5.32 Å². The highest BCUT2D eigenvalue weighted by molar-refractivity contribution is 6.31. The van der Waals surface area contributed by atoms with Crippen molar-refractivity contribution < 1.29 is 14.7 Å². The minimum Gasteiger partial charge on any atom is -0.474 e. The molecule has 0 saturated heterocycles. The summed E-state index contributed by atoms with van der Waals surface area (Å²) in [6.07, 6.45) is 5.01. The summed E-state index contributed by atoms with van der Waals surface area (Å²) in [6.45, 7) is 1.92. The zero-order valence-electron chi connectivity index (χ0n) is 8.90. The Morgan fingerprint density at radius 3 is 2.53 bits per heavy atom. The molecule has 0 aliphatic heterocycles. The summed E-state index contributed by atoms with van der Waals surface area (Å²) in [4.78, 5) is 21.4. The largest absolute Gasteiger partial charge is 0.474 e. The predicted octanol–water partition coefficient (Wildman–Crippen LogP) is 1.01. The van der Waals surface area contributed by atoms with Gasteiger partial charge >= 0.3 is 11.9 Å². The van der Waals surface area contributed by atoms with E-state index in [0.29, 0.717) is 11.8 Å². The minimum atomic E-state index is -1.38. The first-order valence-electron chi connectivity index (χ1n) is 5.61. The van der Waals surface area contributed by atoms with Gasteiger partial charge in [-0.05, 0) is 43.9 Å². The quantitative estimate of drug-likeness (QED) is 0.670. The molecular weight excluding hydrogens is 194 g/mol. The van der Waals surface area contributed by atoms with Gasteiger partial charge in [0.05, 0.1) is 0 Å². The van der Waals surface area contributed by atoms with Gasteiger partial charge in [-0.3, -0.25) is 4.79 Å². The second kappa shape index (κ2) is 3.83. The smallest absolute Gasteiger partial charge is 0.394 e. The lowest BCUT2D eigenvalue weighted by atomic mass is 9.84. The first-order chi connectivity index (χ1) is 7.08. The topological polar surface area (TPSA) is 66.4 Å². The Morgan fingerprint density at radius 1 is 1.33 bits per heavy atom. The fourth-order valence-corrected chi connectivity index (χ4v) is 3.28. The van der Waals surface area contributed by atoms with Gasteiger partial charge in [0.15, 0.2) is 0 Å². The Bertz CT molecular complexity index is 290. The van der Waals surface area contributed by atoms with Gasteiger partial charge in [0, 0.05) is 6.04 Å². The number of hydrogen-bond acceptors (Lipinski definition) is 2. The lowest BCUT2D eigenvalue weighted by Crippen LogP contribution is -2.43. The monoisotopic (exact) mass is 211 g/mol. The van der Waals surface area contributed by atoms with Crippen LogP contribution in [0.5, 0.6) is 0 Å². The summed E-state index contributed by atoms with van der Waals surface area (Å²) < 4.78 is 0. The molecule has 0 heterocycles. The Hall–Kier alpha value is -1.06. The standard InChI is InChI=1S/C11H17NO3/c1-6(12-10(13)11(14)15)9-5-7-2-3-8(9)4-7/h6-9H,2-5H2,1H3,(H,12,13)(H,14,15). The molecule has 2 aliphatic rings. The normalized spacial score (nSPS) is 35.1. The predicted molar refractivity (Wildman–Crippen MR) is 54.2 cm³/mol. The van der Waals surface area contributed by atoms with E-state index in [1.165, 1.54) is 19.3 Å². The van der Waals surface area contributed by atoms with Gasteiger partial charge in [-0.15, -0.1) is 0 Å². The molecule has 2 aliphatic carbocycles. The molecule has 4 unspecified atom stereocenters. The molecule has 1 amide bonds. The lowest BCUT2D eigenvalue weighted by molar-refractivity contribution is -0.150. The molecule has 0 spiro atoms. The molecule has 4 atom stereocenters. The van der Waals surface area contributed by atoms with E-state index in [1.54, 1.807) is 0 Å². The van der Waals surface area contributed by atoms with Gasteiger partial charge in [0.1, 0.15) is 0 Å². The van der Waals surface area contributed by atoms with Gasteiger partial charge in [0.25, 0.3) is 0 Å². The van der Waals surface area contributed by atoms with Crippen molar-refractivity contribution in [3.63, 3.8) is 0 Å². The first kappa shape index (κ1) is 10.5. The minimum absolute atomic E-state index is 0.00361. The Labute approximate surface area is 89.0 Å². The molecule has 2 N–H and O–H groups in total. The summed E-state index contributed by atoms with van der Waals surface area (Å²) in [5, 5.41) is 11.1. The zero-order chi connectivity index (χ0) is 11.0. The molecule has 4 nitrogen and oxygen atoms in total. The van der Waals surface area contributed by atoms with Gasteiger partial charge in [-0.25, -0.2) is 4.79 Å². The van der Waals surface area contributed by atoms with E-state index in [-0.39, 0.29) is 6.04 Å². The maximum atomic E-state index is 11.0. The van der Waals surface area contributed by atoms with Gasteiger partial charge in [0.2, 0.25) is 0 Å². The summed E-state index contributed by atoms with van der Waals surface area (Å²) in [6, 6.07) is 0.00361. The van der Waals surface area contributed by atoms with Crippen molar-refractivity contribution in [2.45, 2.75) is 38.6 Å². The van der Waals surface area contributed by atoms with E-state index in [0.717, 1.165) is 12.3 Å². The summed E-state index contributed by atoms with van der Waals surface area (Å²) >= 11 is 0. The molecule has 2 fully saturated rings. The average molecular weight is 211 g/mol. The number of fused-ring (bicyclic) bond motifs is 2. The number of carboxylic acid groups (broad SMARTS) is 1. The maximum Gasteiger partial charge on any atom is 0.394 e. The number of carboxylic acids is 1. The molecule has 2 rings (SSSR count). The van der Waals surface area contributed by atoms with Crippen LogP contribution in [0.3, 0.4) is 0 Å². The van der Waals surface area contributed by atoms with Crippen molar-refractivity contribution in [1.82, 2.24) is 5.32 Å². The van der Waals surface area contributed by atoms with Crippen molar-refractivity contribution in [3.05, 3.63) is 0 Å². The molecule has 2 bridgehead atoms. The van der Waals surface area contributed by atoms with Crippen LogP contribution in [0.2, 0.25) is 0 Å². The van der Waals surface area contributed by atoms with Crippen LogP contribution in [-0.4, -0.2) is 23.0 Å². The number of carbonyl (C=O) groups excluding carboxylic acids is 1. The van der Waals surface area contributed by atoms with Crippen LogP contribution in [0.15, 0.2) is 0 Å².